The van der Waals surface area contributed by atoms with Gasteiger partial charge in [0.2, 0.25) is 10.0 Å². The third kappa shape index (κ3) is 6.94. The van der Waals surface area contributed by atoms with E-state index in [1.54, 1.807) is 20.2 Å². The Labute approximate surface area is 209 Å². The Morgan fingerprint density at radius 1 is 1.00 bits per heavy atom. The van der Waals surface area contributed by atoms with Crippen molar-refractivity contribution in [2.45, 2.75) is 72.1 Å². The van der Waals surface area contributed by atoms with Crippen LogP contribution in [0.2, 0.25) is 0 Å². The Bertz CT molecular complexity index is 986. The minimum Gasteiger partial charge on any atom is -0.345 e. The second kappa shape index (κ2) is 15.0. The highest BCUT2D eigenvalue weighted by Crippen LogP contribution is 2.50. The molecule has 1 aliphatic rings. The van der Waals surface area contributed by atoms with E-state index in [1.165, 1.54) is 15.6 Å². The number of benzene rings is 2. The molecule has 2 aromatic rings. The number of hydrogen-bond donors (Lipinski definition) is 1. The zero-order valence-electron chi connectivity index (χ0n) is 23.0. The first-order valence-electron chi connectivity index (χ1n) is 12.4. The molecule has 6 heteroatoms. The highest BCUT2D eigenvalue weighted by atomic mass is 32.2. The van der Waals surface area contributed by atoms with Crippen molar-refractivity contribution in [2.24, 2.45) is 5.73 Å². The monoisotopic (exact) mass is 489 g/mol. The molecule has 2 aromatic carbocycles. The molecule has 192 valence electrons. The van der Waals surface area contributed by atoms with E-state index in [-0.39, 0.29) is 5.41 Å². The van der Waals surface area contributed by atoms with Crippen LogP contribution in [0, 0.1) is 0 Å². The molecular formula is C28H47N3O2S. The molecular weight excluding hydrogens is 442 g/mol. The van der Waals surface area contributed by atoms with E-state index >= 15 is 0 Å². The molecule has 1 heterocycles. The van der Waals surface area contributed by atoms with E-state index in [0.29, 0.717) is 4.90 Å². The summed E-state index contributed by atoms with van der Waals surface area (Å²) in [7, 11) is -0.333. The predicted molar refractivity (Wildman–Crippen MR) is 149 cm³/mol. The van der Waals surface area contributed by atoms with Gasteiger partial charge in [0.1, 0.15) is 0 Å². The van der Waals surface area contributed by atoms with E-state index in [4.69, 9.17) is 5.73 Å². The van der Waals surface area contributed by atoms with Crippen molar-refractivity contribution in [2.75, 3.05) is 32.1 Å². The third-order valence-electron chi connectivity index (χ3n) is 5.48. The van der Waals surface area contributed by atoms with Crippen LogP contribution in [0.25, 0.3) is 0 Å². The third-order valence-corrected chi connectivity index (χ3v) is 7.29. The van der Waals surface area contributed by atoms with Crippen LogP contribution < -0.4 is 10.6 Å². The fourth-order valence-electron chi connectivity index (χ4n) is 4.13. The van der Waals surface area contributed by atoms with Crippen LogP contribution in [0.4, 0.5) is 5.69 Å². The second-order valence-corrected chi connectivity index (χ2v) is 9.94. The number of likely N-dealkylation sites (N-methyl/N-ethyl adjacent to an activating group) is 1. The Kier molecular flexibility index (Phi) is 14.0. The van der Waals surface area contributed by atoms with Crippen molar-refractivity contribution in [3.63, 3.8) is 0 Å². The fourth-order valence-corrected chi connectivity index (χ4v) is 5.06. The van der Waals surface area contributed by atoms with Gasteiger partial charge >= 0.3 is 0 Å². The lowest BCUT2D eigenvalue weighted by Gasteiger charge is -2.30. The van der Waals surface area contributed by atoms with Crippen LogP contribution in [0.5, 0.6) is 0 Å². The van der Waals surface area contributed by atoms with Gasteiger partial charge in [-0.25, -0.2) is 12.7 Å². The number of sulfonamides is 1. The maximum atomic E-state index is 12.7. The first-order chi connectivity index (χ1) is 16.2. The minimum absolute atomic E-state index is 0.278. The number of fused-ring (bicyclic) bond motifs is 1. The van der Waals surface area contributed by atoms with Gasteiger partial charge in [-0.3, -0.25) is 0 Å². The summed E-state index contributed by atoms with van der Waals surface area (Å²) in [5, 5.41) is 0. The van der Waals surface area contributed by atoms with E-state index in [2.05, 4.69) is 56.0 Å². The van der Waals surface area contributed by atoms with Gasteiger partial charge in [-0.1, -0.05) is 71.0 Å². The molecule has 0 saturated carbocycles. The predicted octanol–water partition coefficient (Wildman–Crippen LogP) is 6.20. The van der Waals surface area contributed by atoms with E-state index in [1.807, 2.05) is 52.8 Å². The Morgan fingerprint density at radius 2 is 1.53 bits per heavy atom. The van der Waals surface area contributed by atoms with Crippen LogP contribution in [-0.2, 0) is 21.9 Å². The minimum atomic E-state index is -3.47. The number of nitrogens with two attached hydrogens (primary N) is 1. The zero-order chi connectivity index (χ0) is 26.5. The molecule has 1 aliphatic heterocycles. The lowest BCUT2D eigenvalue weighted by atomic mass is 9.76. The molecule has 0 fully saturated rings. The number of allylic oxidation sites excluding steroid dienone is 2. The Morgan fingerprint density at radius 3 is 1.97 bits per heavy atom. The maximum Gasteiger partial charge on any atom is 0.242 e. The standard InChI is InChI=1S/C22H28N2O2S.C2H7N.2C2H6/c1-6-21-22(3,16-17-11-9-8-10-12-17)19-15-18(27(25,26)23(4)5)13-14-20(19)24(21)7-2;1-2-3;2*1-2/h6,8-15H,7,16H2,1-5H3;2-3H2,1H3;2*1-2H3/b21-6-;;;. The smallest absolute Gasteiger partial charge is 0.242 e. The average molecular weight is 490 g/mol. The van der Waals surface area contributed by atoms with Crippen molar-refractivity contribution in [1.82, 2.24) is 4.31 Å². The van der Waals surface area contributed by atoms with Crippen molar-refractivity contribution >= 4 is 15.7 Å². The van der Waals surface area contributed by atoms with Crippen LogP contribution in [0.1, 0.15) is 66.5 Å². The molecule has 0 radical (unpaired) electrons. The average Bonchev–Trinajstić information content (AvgIpc) is 3.09. The van der Waals surface area contributed by atoms with Crippen LogP contribution in [0.15, 0.2) is 65.2 Å². The highest BCUT2D eigenvalue weighted by Gasteiger charge is 2.43. The Hall–Kier alpha value is -2.15. The van der Waals surface area contributed by atoms with E-state index < -0.39 is 10.0 Å². The first kappa shape index (κ1) is 31.9. The summed E-state index contributed by atoms with van der Waals surface area (Å²) in [5.41, 5.74) is 9.21. The van der Waals surface area contributed by atoms with Gasteiger partial charge in [-0.15, -0.1) is 0 Å². The largest absolute Gasteiger partial charge is 0.345 e. The van der Waals surface area contributed by atoms with Crippen molar-refractivity contribution in [1.29, 1.82) is 0 Å². The summed E-state index contributed by atoms with van der Waals surface area (Å²) in [6.45, 7) is 17.9. The maximum absolute atomic E-state index is 12.7. The molecule has 2 N–H and O–H groups in total. The molecule has 5 nitrogen and oxygen atoms in total. The summed E-state index contributed by atoms with van der Waals surface area (Å²) in [4.78, 5) is 2.64. The van der Waals surface area contributed by atoms with Crippen molar-refractivity contribution in [3.8, 4) is 0 Å². The van der Waals surface area contributed by atoms with Crippen LogP contribution in [0.3, 0.4) is 0 Å². The lowest BCUT2D eigenvalue weighted by Crippen LogP contribution is -2.30. The lowest BCUT2D eigenvalue weighted by molar-refractivity contribution is 0.519. The van der Waals surface area contributed by atoms with E-state index in [0.717, 1.165) is 30.8 Å². The molecule has 34 heavy (non-hydrogen) atoms. The van der Waals surface area contributed by atoms with Gasteiger partial charge in [0, 0.05) is 37.4 Å². The normalized spacial score (nSPS) is 17.6. The number of hydrogen-bond acceptors (Lipinski definition) is 4. The summed E-state index contributed by atoms with van der Waals surface area (Å²) >= 11 is 0. The molecule has 0 bridgehead atoms. The van der Waals surface area contributed by atoms with Crippen molar-refractivity contribution in [3.05, 3.63) is 71.4 Å². The second-order valence-electron chi connectivity index (χ2n) is 7.79. The zero-order valence-corrected chi connectivity index (χ0v) is 23.8. The van der Waals surface area contributed by atoms with Gasteiger partial charge in [-0.05, 0) is 63.1 Å². The highest BCUT2D eigenvalue weighted by molar-refractivity contribution is 7.89. The molecule has 0 aromatic heterocycles. The molecule has 0 amide bonds. The van der Waals surface area contributed by atoms with Crippen LogP contribution in [-0.4, -0.2) is 39.9 Å². The molecule has 0 aliphatic carbocycles. The van der Waals surface area contributed by atoms with Gasteiger partial charge in [0.15, 0.2) is 0 Å². The Balaban J connectivity index is 0.00000141. The van der Waals surface area contributed by atoms with Crippen LogP contribution >= 0.6 is 0 Å². The summed E-state index contributed by atoms with van der Waals surface area (Å²) in [5.74, 6) is 0. The molecule has 0 saturated heterocycles. The van der Waals surface area contributed by atoms with Gasteiger partial charge in [-0.2, -0.15) is 0 Å². The molecule has 3 rings (SSSR count). The van der Waals surface area contributed by atoms with E-state index in [9.17, 15) is 8.42 Å². The summed E-state index contributed by atoms with van der Waals surface area (Å²) < 4.78 is 26.7. The van der Waals surface area contributed by atoms with Gasteiger partial charge < -0.3 is 10.6 Å². The summed E-state index contributed by atoms with van der Waals surface area (Å²) in [6, 6.07) is 15.9. The number of rotatable bonds is 5. The topological polar surface area (TPSA) is 66.6 Å². The molecule has 1 unspecified atom stereocenters. The van der Waals surface area contributed by atoms with Gasteiger partial charge in [0.05, 0.1) is 4.90 Å². The first-order valence-corrected chi connectivity index (χ1v) is 13.9. The number of anilines is 1. The molecule has 0 spiro atoms. The van der Waals surface area contributed by atoms with Gasteiger partial charge in [0.25, 0.3) is 0 Å². The quantitative estimate of drug-likeness (QED) is 0.543. The fraction of sp³-hybridized carbons (Fsp3) is 0.500. The SMILES string of the molecule is C/C=C1\N(CC)c2ccc(S(=O)(=O)N(C)C)cc2C1(C)Cc1ccccc1.CC.CC.CCN. The molecule has 1 atom stereocenters. The van der Waals surface area contributed by atoms with Crippen molar-refractivity contribution < 1.29 is 8.42 Å². The summed E-state index contributed by atoms with van der Waals surface area (Å²) in [6.07, 6.45) is 2.98. The number of nitrogens with zero attached hydrogens (tertiary/aromatic N) is 2.